The number of benzene rings is 1. The number of aliphatic carboxylic acids is 1. The molecule has 0 saturated carbocycles. The maximum absolute atomic E-state index is 13.0. The highest BCUT2D eigenvalue weighted by molar-refractivity contribution is 5.77. The molecule has 0 aliphatic heterocycles. The molecule has 6 heteroatoms. The van der Waals surface area contributed by atoms with Crippen molar-refractivity contribution in [3.63, 3.8) is 0 Å². The van der Waals surface area contributed by atoms with Crippen LogP contribution in [0.25, 0.3) is 11.1 Å². The lowest BCUT2D eigenvalue weighted by molar-refractivity contribution is -0.164. The Labute approximate surface area is 94.9 Å². The van der Waals surface area contributed by atoms with Gasteiger partial charge in [-0.1, -0.05) is 6.07 Å². The molecule has 90 valence electrons. The predicted octanol–water partition coefficient (Wildman–Crippen LogP) is 2.40. The summed E-state index contributed by atoms with van der Waals surface area (Å²) in [6.45, 7) is 1.64. The minimum Gasteiger partial charge on any atom is -0.477 e. The first-order chi connectivity index (χ1) is 7.88. The molecule has 4 nitrogen and oxygen atoms in total. The van der Waals surface area contributed by atoms with E-state index in [1.807, 2.05) is 0 Å². The van der Waals surface area contributed by atoms with Crippen LogP contribution < -0.4 is 0 Å². The maximum atomic E-state index is 13.0. The van der Waals surface area contributed by atoms with Crippen LogP contribution in [-0.2, 0) is 11.2 Å². The zero-order chi connectivity index (χ0) is 12.6. The Hall–Kier alpha value is -1.98. The number of halogens is 2. The monoisotopic (exact) mass is 241 g/mol. The van der Waals surface area contributed by atoms with Crippen molar-refractivity contribution in [1.82, 2.24) is 4.98 Å². The number of aryl methyl sites for hydroxylation is 1. The minimum absolute atomic E-state index is 0.195. The highest BCUT2D eigenvalue weighted by atomic mass is 19.3. The molecule has 0 aliphatic carbocycles. The summed E-state index contributed by atoms with van der Waals surface area (Å²) in [5, 5.41) is 8.33. The molecule has 1 heterocycles. The predicted molar refractivity (Wildman–Crippen MR) is 55.0 cm³/mol. The molecule has 17 heavy (non-hydrogen) atoms. The molecule has 2 aromatic rings. The van der Waals surface area contributed by atoms with Gasteiger partial charge in [0, 0.05) is 13.3 Å². The largest absolute Gasteiger partial charge is 0.477 e. The van der Waals surface area contributed by atoms with E-state index in [9.17, 15) is 13.6 Å². The van der Waals surface area contributed by atoms with E-state index in [0.29, 0.717) is 17.0 Å². The molecule has 0 fully saturated rings. The molecule has 0 spiro atoms. The molecule has 1 N–H and O–H groups in total. The van der Waals surface area contributed by atoms with Crippen LogP contribution in [0, 0.1) is 6.92 Å². The Morgan fingerprint density at radius 2 is 2.24 bits per heavy atom. The first-order valence-corrected chi connectivity index (χ1v) is 4.86. The van der Waals surface area contributed by atoms with Crippen molar-refractivity contribution in [3.05, 3.63) is 29.7 Å². The topological polar surface area (TPSA) is 63.3 Å². The zero-order valence-electron chi connectivity index (χ0n) is 8.91. The van der Waals surface area contributed by atoms with Crippen LogP contribution in [0.15, 0.2) is 22.6 Å². The molecule has 0 unspecified atom stereocenters. The van der Waals surface area contributed by atoms with Crippen molar-refractivity contribution in [1.29, 1.82) is 0 Å². The first-order valence-electron chi connectivity index (χ1n) is 4.86. The number of fused-ring (bicyclic) bond motifs is 1. The van der Waals surface area contributed by atoms with Gasteiger partial charge in [-0.2, -0.15) is 8.78 Å². The standard InChI is InChI=1S/C11H9F2NO3/c1-6-14-8-3-2-7(4-9(8)17-6)5-11(12,13)10(15)16/h2-4H,5H2,1H3,(H,15,16). The SMILES string of the molecule is Cc1nc2ccc(CC(F)(F)C(=O)O)cc2o1. The van der Waals surface area contributed by atoms with Crippen molar-refractivity contribution in [2.75, 3.05) is 0 Å². The summed E-state index contributed by atoms with van der Waals surface area (Å²) in [4.78, 5) is 14.3. The first kappa shape index (κ1) is 11.5. The van der Waals surface area contributed by atoms with Gasteiger partial charge < -0.3 is 9.52 Å². The molecule has 0 aliphatic rings. The van der Waals surface area contributed by atoms with E-state index in [-0.39, 0.29) is 5.56 Å². The number of carboxylic acids is 1. The van der Waals surface area contributed by atoms with E-state index in [4.69, 9.17) is 9.52 Å². The average Bonchev–Trinajstić information content (AvgIpc) is 2.56. The van der Waals surface area contributed by atoms with Crippen molar-refractivity contribution in [3.8, 4) is 0 Å². The van der Waals surface area contributed by atoms with Crippen LogP contribution in [-0.4, -0.2) is 22.0 Å². The third kappa shape index (κ3) is 2.25. The third-order valence-electron chi connectivity index (χ3n) is 2.30. The van der Waals surface area contributed by atoms with Crippen LogP contribution in [0.5, 0.6) is 0 Å². The summed E-state index contributed by atoms with van der Waals surface area (Å²) in [5.74, 6) is -5.48. The summed E-state index contributed by atoms with van der Waals surface area (Å²) in [5.41, 5.74) is 1.13. The maximum Gasteiger partial charge on any atom is 0.374 e. The van der Waals surface area contributed by atoms with Crippen molar-refractivity contribution < 1.29 is 23.1 Å². The fourth-order valence-corrected chi connectivity index (χ4v) is 1.53. The van der Waals surface area contributed by atoms with Gasteiger partial charge in [0.2, 0.25) is 0 Å². The van der Waals surface area contributed by atoms with E-state index in [0.717, 1.165) is 0 Å². The second-order valence-electron chi connectivity index (χ2n) is 3.72. The van der Waals surface area contributed by atoms with Crippen LogP contribution in [0.2, 0.25) is 0 Å². The zero-order valence-corrected chi connectivity index (χ0v) is 8.91. The Balaban J connectivity index is 2.34. The Bertz CT molecular complexity index is 577. The van der Waals surface area contributed by atoms with Crippen molar-refractivity contribution >= 4 is 17.1 Å². The number of alkyl halides is 2. The molecule has 1 aromatic carbocycles. The number of hydrogen-bond donors (Lipinski definition) is 1. The van der Waals surface area contributed by atoms with Gasteiger partial charge in [-0.05, 0) is 17.7 Å². The van der Waals surface area contributed by atoms with Crippen molar-refractivity contribution in [2.45, 2.75) is 19.3 Å². The summed E-state index contributed by atoms with van der Waals surface area (Å²) < 4.78 is 31.2. The number of aromatic nitrogens is 1. The lowest BCUT2D eigenvalue weighted by atomic mass is 10.1. The van der Waals surface area contributed by atoms with Gasteiger partial charge in [0.05, 0.1) is 0 Å². The van der Waals surface area contributed by atoms with Gasteiger partial charge in [-0.25, -0.2) is 9.78 Å². The fourth-order valence-electron chi connectivity index (χ4n) is 1.53. The Morgan fingerprint density at radius 3 is 2.88 bits per heavy atom. The van der Waals surface area contributed by atoms with Crippen molar-refractivity contribution in [2.24, 2.45) is 0 Å². The van der Waals surface area contributed by atoms with Gasteiger partial charge in [0.25, 0.3) is 0 Å². The summed E-state index contributed by atoms with van der Waals surface area (Å²) in [6.07, 6.45) is -0.863. The van der Waals surface area contributed by atoms with Gasteiger partial charge in [-0.3, -0.25) is 0 Å². The Kier molecular flexibility index (Phi) is 2.57. The molecular formula is C11H9F2NO3. The summed E-state index contributed by atoms with van der Waals surface area (Å²) >= 11 is 0. The number of carboxylic acid groups (broad SMARTS) is 1. The molecular weight excluding hydrogens is 232 g/mol. The Morgan fingerprint density at radius 1 is 1.53 bits per heavy atom. The van der Waals surface area contributed by atoms with Crippen LogP contribution in [0.4, 0.5) is 8.78 Å². The number of hydrogen-bond acceptors (Lipinski definition) is 3. The lowest BCUT2D eigenvalue weighted by Gasteiger charge is -2.10. The molecule has 0 bridgehead atoms. The molecule has 0 atom stereocenters. The number of nitrogens with zero attached hydrogens (tertiary/aromatic N) is 1. The van der Waals surface area contributed by atoms with Crippen LogP contribution in [0.3, 0.4) is 0 Å². The number of rotatable bonds is 3. The van der Waals surface area contributed by atoms with Gasteiger partial charge in [-0.15, -0.1) is 0 Å². The number of carbonyl (C=O) groups is 1. The molecule has 2 rings (SSSR count). The summed E-state index contributed by atoms with van der Waals surface area (Å²) in [7, 11) is 0. The molecule has 0 radical (unpaired) electrons. The molecule has 0 amide bonds. The van der Waals surface area contributed by atoms with Gasteiger partial charge in [0.15, 0.2) is 11.5 Å². The average molecular weight is 241 g/mol. The third-order valence-corrected chi connectivity index (χ3v) is 2.30. The van der Waals surface area contributed by atoms with E-state index in [2.05, 4.69) is 4.98 Å². The summed E-state index contributed by atoms with van der Waals surface area (Å²) in [6, 6.07) is 4.33. The highest BCUT2D eigenvalue weighted by Crippen LogP contribution is 2.23. The van der Waals surface area contributed by atoms with E-state index >= 15 is 0 Å². The second kappa shape index (κ2) is 3.80. The molecule has 0 saturated heterocycles. The quantitative estimate of drug-likeness (QED) is 0.896. The van der Waals surface area contributed by atoms with Gasteiger partial charge in [0.1, 0.15) is 5.52 Å². The lowest BCUT2D eigenvalue weighted by Crippen LogP contribution is -2.30. The molecule has 1 aromatic heterocycles. The minimum atomic E-state index is -3.78. The normalized spacial score (nSPS) is 11.9. The fraction of sp³-hybridized carbons (Fsp3) is 0.273. The van der Waals surface area contributed by atoms with Crippen LogP contribution in [0.1, 0.15) is 11.5 Å². The smallest absolute Gasteiger partial charge is 0.374 e. The highest BCUT2D eigenvalue weighted by Gasteiger charge is 2.38. The van der Waals surface area contributed by atoms with E-state index < -0.39 is 18.3 Å². The van der Waals surface area contributed by atoms with E-state index in [1.54, 1.807) is 6.92 Å². The number of oxazole rings is 1. The second-order valence-corrected chi connectivity index (χ2v) is 3.72. The van der Waals surface area contributed by atoms with E-state index in [1.165, 1.54) is 18.2 Å². The van der Waals surface area contributed by atoms with Gasteiger partial charge >= 0.3 is 11.9 Å². The van der Waals surface area contributed by atoms with Crippen LogP contribution >= 0.6 is 0 Å².